The number of aliphatic hydroxyl groups is 3. The van der Waals surface area contributed by atoms with Crippen molar-refractivity contribution in [3.63, 3.8) is 0 Å². The summed E-state index contributed by atoms with van der Waals surface area (Å²) >= 11 is 0. The van der Waals surface area contributed by atoms with Crippen LogP contribution in [-0.2, 0) is 35.9 Å². The molecule has 0 saturated carbocycles. The largest absolute Gasteiger partial charge is 0.477 e. The SMILES string of the molecule is CC(=O)N[C@H]1[C@H]([C@H](O)[C@H](O)CNS(=O)(=O)O)O[C@@](OCCCn2cc(-c3ccc(-c4ccccc4)cc3)nn2)(C(=O)O)C[C@@H]1O. The van der Waals surface area contributed by atoms with Crippen LogP contribution in [0.5, 0.6) is 0 Å². The van der Waals surface area contributed by atoms with Gasteiger partial charge in [0.1, 0.15) is 17.9 Å². The molecule has 16 nitrogen and oxygen atoms in total. The fraction of sp³-hybridized carbons (Fsp3) is 0.429. The number of aryl methyl sites for hydroxylation is 1. The number of carboxylic acid groups (broad SMARTS) is 1. The molecule has 1 fully saturated rings. The van der Waals surface area contributed by atoms with E-state index in [-0.39, 0.29) is 19.6 Å². The third-order valence-electron chi connectivity index (χ3n) is 7.17. The minimum absolute atomic E-state index is 0.208. The molecule has 2 heterocycles. The maximum Gasteiger partial charge on any atom is 0.364 e. The zero-order valence-corrected chi connectivity index (χ0v) is 24.9. The summed E-state index contributed by atoms with van der Waals surface area (Å²) in [7, 11) is -4.74. The summed E-state index contributed by atoms with van der Waals surface area (Å²) in [5.74, 6) is -4.80. The molecule has 1 aromatic heterocycles. The summed E-state index contributed by atoms with van der Waals surface area (Å²) in [5, 5.41) is 52.5. The fourth-order valence-electron chi connectivity index (χ4n) is 4.95. The highest BCUT2D eigenvalue weighted by Crippen LogP contribution is 2.34. The first-order valence-corrected chi connectivity index (χ1v) is 15.4. The van der Waals surface area contributed by atoms with Gasteiger partial charge in [-0.05, 0) is 17.5 Å². The van der Waals surface area contributed by atoms with E-state index in [0.29, 0.717) is 5.69 Å². The Morgan fingerprint density at radius 2 is 1.76 bits per heavy atom. The van der Waals surface area contributed by atoms with Crippen molar-refractivity contribution in [3.05, 3.63) is 60.8 Å². The summed E-state index contributed by atoms with van der Waals surface area (Å²) in [6.45, 7) is 0.284. The van der Waals surface area contributed by atoms with Crippen LogP contribution in [-0.4, -0.2) is 110 Å². The zero-order chi connectivity index (χ0) is 32.8. The van der Waals surface area contributed by atoms with Crippen molar-refractivity contribution in [1.82, 2.24) is 25.0 Å². The van der Waals surface area contributed by atoms with E-state index < -0.39 is 71.4 Å². The third-order valence-corrected chi connectivity index (χ3v) is 7.70. The van der Waals surface area contributed by atoms with E-state index in [1.54, 1.807) is 15.6 Å². The second kappa shape index (κ2) is 14.5. The topological polar surface area (TPSA) is 243 Å². The predicted molar refractivity (Wildman–Crippen MR) is 156 cm³/mol. The van der Waals surface area contributed by atoms with Crippen molar-refractivity contribution in [2.24, 2.45) is 0 Å². The van der Waals surface area contributed by atoms with E-state index in [2.05, 4.69) is 15.6 Å². The molecule has 0 bridgehead atoms. The van der Waals surface area contributed by atoms with Crippen molar-refractivity contribution in [1.29, 1.82) is 0 Å². The number of carboxylic acids is 1. The third kappa shape index (κ3) is 8.89. The second-order valence-electron chi connectivity index (χ2n) is 10.5. The van der Waals surface area contributed by atoms with Crippen LogP contribution in [0.2, 0.25) is 0 Å². The van der Waals surface area contributed by atoms with Gasteiger partial charge in [0, 0.05) is 32.0 Å². The van der Waals surface area contributed by atoms with Gasteiger partial charge in [0.05, 0.1) is 31.1 Å². The summed E-state index contributed by atoms with van der Waals surface area (Å²) in [4.78, 5) is 24.1. The van der Waals surface area contributed by atoms with Crippen molar-refractivity contribution in [2.75, 3.05) is 13.2 Å². The molecule has 3 aromatic rings. The van der Waals surface area contributed by atoms with Crippen molar-refractivity contribution in [2.45, 2.75) is 62.6 Å². The quantitative estimate of drug-likeness (QED) is 0.0867. The van der Waals surface area contributed by atoms with Crippen LogP contribution in [0.3, 0.4) is 0 Å². The Labute approximate surface area is 258 Å². The normalized spacial score (nSPS) is 23.3. The highest BCUT2D eigenvalue weighted by molar-refractivity contribution is 7.83. The monoisotopic (exact) mass is 649 g/mol. The number of rotatable bonds is 14. The Hall–Kier alpha value is -3.81. The van der Waals surface area contributed by atoms with Crippen LogP contribution >= 0.6 is 0 Å². The summed E-state index contributed by atoms with van der Waals surface area (Å²) in [5.41, 5.74) is 3.60. The molecule has 4 rings (SSSR count). The Balaban J connectivity index is 1.39. The van der Waals surface area contributed by atoms with Crippen LogP contribution in [0.4, 0.5) is 0 Å². The maximum absolute atomic E-state index is 12.3. The Kier molecular flexibility index (Phi) is 11.0. The highest BCUT2D eigenvalue weighted by Gasteiger charge is 2.55. The summed E-state index contributed by atoms with van der Waals surface area (Å²) in [6.07, 6.45) is -6.07. The molecule has 1 saturated heterocycles. The Morgan fingerprint density at radius 1 is 1.11 bits per heavy atom. The summed E-state index contributed by atoms with van der Waals surface area (Å²) in [6, 6.07) is 16.3. The summed E-state index contributed by atoms with van der Waals surface area (Å²) < 4.78 is 45.2. The molecule has 1 aliphatic heterocycles. The van der Waals surface area contributed by atoms with Gasteiger partial charge in [0.25, 0.3) is 5.79 Å². The molecule has 0 aliphatic carbocycles. The maximum atomic E-state index is 12.3. The molecule has 7 N–H and O–H groups in total. The number of benzene rings is 2. The van der Waals surface area contributed by atoms with Crippen LogP contribution < -0.4 is 10.0 Å². The zero-order valence-electron chi connectivity index (χ0n) is 24.1. The van der Waals surface area contributed by atoms with E-state index in [9.17, 15) is 38.4 Å². The molecule has 244 valence electrons. The first kappa shape index (κ1) is 34.1. The second-order valence-corrected chi connectivity index (χ2v) is 11.8. The number of hydrogen-bond donors (Lipinski definition) is 7. The molecule has 0 unspecified atom stereocenters. The number of hydrogen-bond acceptors (Lipinski definition) is 11. The number of carbonyl (C=O) groups is 2. The van der Waals surface area contributed by atoms with Crippen LogP contribution in [0.15, 0.2) is 60.8 Å². The van der Waals surface area contributed by atoms with Gasteiger partial charge in [-0.2, -0.15) is 13.1 Å². The number of aliphatic carboxylic acids is 1. The number of amides is 1. The van der Waals surface area contributed by atoms with E-state index >= 15 is 0 Å². The molecule has 2 aromatic carbocycles. The van der Waals surface area contributed by atoms with Crippen molar-refractivity contribution in [3.8, 4) is 22.4 Å². The van der Waals surface area contributed by atoms with Gasteiger partial charge < -0.3 is 35.2 Å². The lowest BCUT2D eigenvalue weighted by atomic mass is 9.88. The Morgan fingerprint density at radius 3 is 2.38 bits per heavy atom. The first-order valence-electron chi connectivity index (χ1n) is 13.9. The molecule has 0 radical (unpaired) electrons. The lowest BCUT2D eigenvalue weighted by molar-refractivity contribution is -0.310. The van der Waals surface area contributed by atoms with Gasteiger partial charge in [-0.1, -0.05) is 59.8 Å². The van der Waals surface area contributed by atoms with E-state index in [1.165, 1.54) is 0 Å². The molecular weight excluding hydrogens is 614 g/mol. The number of aromatic nitrogens is 3. The average Bonchev–Trinajstić information content (AvgIpc) is 3.48. The number of carbonyl (C=O) groups excluding carboxylic acids is 1. The van der Waals surface area contributed by atoms with Gasteiger partial charge in [0.2, 0.25) is 5.91 Å². The molecule has 0 spiro atoms. The molecule has 1 amide bonds. The molecular formula is C28H35N5O11S. The number of aliphatic hydroxyl groups excluding tert-OH is 3. The van der Waals surface area contributed by atoms with Gasteiger partial charge in [-0.25, -0.2) is 4.79 Å². The lowest BCUT2D eigenvalue weighted by Gasteiger charge is -2.46. The minimum Gasteiger partial charge on any atom is -0.477 e. The number of nitrogens with one attached hydrogen (secondary N) is 2. The molecule has 6 atom stereocenters. The van der Waals surface area contributed by atoms with Crippen molar-refractivity contribution < 1.29 is 52.5 Å². The minimum atomic E-state index is -4.74. The van der Waals surface area contributed by atoms with Crippen LogP contribution in [0, 0.1) is 0 Å². The predicted octanol–water partition coefficient (Wildman–Crippen LogP) is -0.432. The fourth-order valence-corrected chi connectivity index (χ4v) is 5.33. The van der Waals surface area contributed by atoms with Gasteiger partial charge >= 0.3 is 16.3 Å². The number of nitrogens with zero attached hydrogens (tertiary/aromatic N) is 3. The first-order chi connectivity index (χ1) is 21.3. The number of ether oxygens (including phenoxy) is 2. The van der Waals surface area contributed by atoms with Gasteiger partial charge in [-0.15, -0.1) is 5.10 Å². The van der Waals surface area contributed by atoms with Crippen LogP contribution in [0.1, 0.15) is 19.8 Å². The average molecular weight is 650 g/mol. The van der Waals surface area contributed by atoms with Crippen LogP contribution in [0.25, 0.3) is 22.4 Å². The molecule has 17 heteroatoms. The van der Waals surface area contributed by atoms with Gasteiger partial charge in [0.15, 0.2) is 0 Å². The lowest BCUT2D eigenvalue weighted by Crippen LogP contribution is -2.68. The molecule has 1 aliphatic rings. The van der Waals surface area contributed by atoms with E-state index in [0.717, 1.165) is 23.6 Å². The smallest absolute Gasteiger partial charge is 0.364 e. The standard InChI is InChI=1S/C28H35N5O11S/c1-17(34)30-24-22(35)14-28(27(38)39,44-26(24)25(37)23(36)15-29-45(40,41)42)43-13-5-12-33-16-21(31-32-33)20-10-8-19(9-11-20)18-6-3-2-4-7-18/h2-4,6-11,16,22-26,29,35-37H,5,12-15H2,1H3,(H,30,34)(H,38,39)(H,40,41,42)/t22-,23+,24+,25+,26+,28+/m0/s1. The highest BCUT2D eigenvalue weighted by atomic mass is 32.2. The van der Waals surface area contributed by atoms with E-state index in [1.807, 2.05) is 54.6 Å². The molecule has 45 heavy (non-hydrogen) atoms. The van der Waals surface area contributed by atoms with E-state index in [4.69, 9.17) is 14.0 Å². The van der Waals surface area contributed by atoms with Crippen molar-refractivity contribution >= 4 is 22.2 Å². The van der Waals surface area contributed by atoms with Gasteiger partial charge in [-0.3, -0.25) is 14.0 Å². The Bertz CT molecular complexity index is 1550.